The second-order valence-electron chi connectivity index (χ2n) is 18.8. The lowest BCUT2D eigenvalue weighted by molar-refractivity contribution is -0.144. The molecule has 6 aliphatic rings. The van der Waals surface area contributed by atoms with Gasteiger partial charge in [-0.25, -0.2) is 13.2 Å². The Morgan fingerprint density at radius 3 is 1.98 bits per heavy atom. The minimum Gasteiger partial charge on any atom is -0.347 e. The summed E-state index contributed by atoms with van der Waals surface area (Å²) in [5.74, 6) is -1.64. The van der Waals surface area contributed by atoms with Crippen molar-refractivity contribution in [3.63, 3.8) is 0 Å². The molecule has 0 bridgehead atoms. The Bertz CT molecular complexity index is 1490. The Morgan fingerprint density at radius 1 is 0.778 bits per heavy atom. The number of carbonyl (C=O) groups excluding carboxylic acids is 5. The number of likely N-dealkylation sites (tertiary alicyclic amines) is 1. The van der Waals surface area contributed by atoms with E-state index < -0.39 is 62.5 Å². The van der Waals surface area contributed by atoms with Crippen LogP contribution >= 0.6 is 0 Å². The molecule has 0 aromatic carbocycles. The number of nitrogens with zero attached hydrogens (tertiary/aromatic N) is 1. The van der Waals surface area contributed by atoms with Crippen molar-refractivity contribution < 1.29 is 32.4 Å². The van der Waals surface area contributed by atoms with Crippen LogP contribution in [0.4, 0.5) is 4.79 Å². The number of Topliss-reactive ketones (excluding diaryl/α,β-unsaturated/α-hetero) is 1. The number of carbonyl (C=O) groups is 5. The first kappa shape index (κ1) is 40.9. The summed E-state index contributed by atoms with van der Waals surface area (Å²) in [7, 11) is -3.45. The lowest BCUT2D eigenvalue weighted by Gasteiger charge is -2.44. The second kappa shape index (κ2) is 17.2. The van der Waals surface area contributed by atoms with Gasteiger partial charge in [0.1, 0.15) is 12.1 Å². The Morgan fingerprint density at radius 2 is 1.39 bits per heavy atom. The normalized spacial score (nSPS) is 27.1. The maximum atomic E-state index is 15.0. The van der Waals surface area contributed by atoms with Gasteiger partial charge in [-0.05, 0) is 87.4 Å². The van der Waals surface area contributed by atoms with E-state index in [0.29, 0.717) is 45.1 Å². The van der Waals surface area contributed by atoms with Gasteiger partial charge in [-0.3, -0.25) is 19.2 Å². The maximum absolute atomic E-state index is 15.0. The molecule has 1 aliphatic heterocycles. The Kier molecular flexibility index (Phi) is 13.0. The number of hydrogen-bond acceptors (Lipinski definition) is 7. The van der Waals surface area contributed by atoms with Gasteiger partial charge in [0.2, 0.25) is 17.6 Å². The summed E-state index contributed by atoms with van der Waals surface area (Å²) in [6.45, 7) is 6.54. The van der Waals surface area contributed by atoms with E-state index in [-0.39, 0.29) is 40.7 Å². The smallest absolute Gasteiger partial charge is 0.315 e. The molecule has 0 aromatic rings. The zero-order valence-electron chi connectivity index (χ0n) is 33.1. The molecule has 6 fully saturated rings. The van der Waals surface area contributed by atoms with Gasteiger partial charge in [-0.15, -0.1) is 0 Å². The van der Waals surface area contributed by atoms with Crippen LogP contribution in [-0.4, -0.2) is 90.1 Å². The van der Waals surface area contributed by atoms with Crippen LogP contribution in [0.3, 0.4) is 0 Å². The topological polar surface area (TPSA) is 171 Å². The lowest BCUT2D eigenvalue weighted by Crippen LogP contribution is -2.64. The first-order chi connectivity index (χ1) is 25.7. The molecule has 1 heterocycles. The summed E-state index contributed by atoms with van der Waals surface area (Å²) in [5.41, 5.74) is -1.46. The highest BCUT2D eigenvalue weighted by Gasteiger charge is 2.50. The minimum absolute atomic E-state index is 0.0190. The van der Waals surface area contributed by atoms with E-state index in [0.717, 1.165) is 96.3 Å². The predicted octanol–water partition coefficient (Wildman–Crippen LogP) is 5.08. The summed E-state index contributed by atoms with van der Waals surface area (Å²) in [6, 6.07) is -3.24. The van der Waals surface area contributed by atoms with Crippen molar-refractivity contribution in [2.75, 3.05) is 12.3 Å². The van der Waals surface area contributed by atoms with Gasteiger partial charge in [-0.1, -0.05) is 91.4 Å². The summed E-state index contributed by atoms with van der Waals surface area (Å²) < 4.78 is 27.6. The molecule has 6 rings (SSSR count). The molecular formula is C41H67N5O7S. The molecule has 4 atom stereocenters. The third-order valence-electron chi connectivity index (χ3n) is 13.8. The number of urea groups is 1. The zero-order chi connectivity index (χ0) is 38.7. The number of rotatable bonds is 15. The van der Waals surface area contributed by atoms with E-state index in [1.807, 2.05) is 6.92 Å². The quantitative estimate of drug-likeness (QED) is 0.168. The third kappa shape index (κ3) is 10.2. The summed E-state index contributed by atoms with van der Waals surface area (Å²) in [5, 5.41) is 11.6. The van der Waals surface area contributed by atoms with Crippen LogP contribution in [0.1, 0.15) is 156 Å². The molecule has 5 aliphatic carbocycles. The summed E-state index contributed by atoms with van der Waals surface area (Å²) >= 11 is 0. The van der Waals surface area contributed by atoms with Gasteiger partial charge < -0.3 is 26.2 Å². The molecular weight excluding hydrogens is 707 g/mol. The maximum Gasteiger partial charge on any atom is 0.315 e. The molecule has 304 valence electrons. The van der Waals surface area contributed by atoms with Crippen LogP contribution in [0.15, 0.2) is 0 Å². The lowest BCUT2D eigenvalue weighted by atomic mass is 9.70. The van der Waals surface area contributed by atoms with Gasteiger partial charge in [0.05, 0.1) is 22.6 Å². The molecule has 5 amide bonds. The fourth-order valence-electron chi connectivity index (χ4n) is 9.89. The van der Waals surface area contributed by atoms with Crippen molar-refractivity contribution in [2.24, 2.45) is 23.2 Å². The highest BCUT2D eigenvalue weighted by molar-refractivity contribution is 7.92. The Balaban J connectivity index is 1.22. The van der Waals surface area contributed by atoms with Crippen LogP contribution in [0.5, 0.6) is 0 Å². The van der Waals surface area contributed by atoms with Crippen LogP contribution in [0.2, 0.25) is 0 Å². The van der Waals surface area contributed by atoms with E-state index in [1.54, 1.807) is 4.90 Å². The van der Waals surface area contributed by atoms with E-state index >= 15 is 0 Å². The summed E-state index contributed by atoms with van der Waals surface area (Å²) in [4.78, 5) is 71.2. The monoisotopic (exact) mass is 773 g/mol. The first-order valence-electron chi connectivity index (χ1n) is 21.4. The molecule has 13 heteroatoms. The van der Waals surface area contributed by atoms with E-state index in [9.17, 15) is 32.4 Å². The van der Waals surface area contributed by atoms with Gasteiger partial charge in [0, 0.05) is 12.6 Å². The largest absolute Gasteiger partial charge is 0.347 e. The fourth-order valence-corrected chi connectivity index (χ4v) is 12.3. The predicted molar refractivity (Wildman–Crippen MR) is 207 cm³/mol. The van der Waals surface area contributed by atoms with Crippen molar-refractivity contribution >= 4 is 39.4 Å². The molecule has 1 saturated heterocycles. The van der Waals surface area contributed by atoms with Crippen LogP contribution in [-0.2, 0) is 29.0 Å². The molecule has 12 nitrogen and oxygen atoms in total. The van der Waals surface area contributed by atoms with Crippen LogP contribution in [0, 0.1) is 23.2 Å². The van der Waals surface area contributed by atoms with Gasteiger partial charge in [-0.2, -0.15) is 0 Å². The standard InChI is InChI=1S/C41H67N5O7S/c1-27(2)29-24-33(36(48)43-32(23-28-15-16-28)34(47)37(49)42-30-17-18-30)46(25-29)38(50)35(40(3)19-9-5-10-20-40)44-39(51)45-41(21-11-6-12-22-41)26-54(52,53)31-13-7-4-8-14-31/h27-33,35H,4-26H2,1-3H3,(H,42,49)(H,43,48)(H2,44,45,51)/t29-,32?,33+,35-/m1/s1. The number of ketones is 1. The van der Waals surface area contributed by atoms with Crippen molar-refractivity contribution in [2.45, 2.75) is 191 Å². The van der Waals surface area contributed by atoms with E-state index in [4.69, 9.17) is 0 Å². The highest BCUT2D eigenvalue weighted by Crippen LogP contribution is 2.42. The van der Waals surface area contributed by atoms with Gasteiger partial charge in [0.25, 0.3) is 5.91 Å². The molecule has 0 spiro atoms. The van der Waals surface area contributed by atoms with Crippen molar-refractivity contribution in [1.82, 2.24) is 26.2 Å². The zero-order valence-corrected chi connectivity index (χ0v) is 33.9. The van der Waals surface area contributed by atoms with Crippen LogP contribution in [0.25, 0.3) is 0 Å². The number of nitrogens with one attached hydrogen (secondary N) is 4. The first-order valence-corrected chi connectivity index (χ1v) is 23.2. The molecule has 4 N–H and O–H groups in total. The fraction of sp³-hybridized carbons (Fsp3) is 0.878. The Labute approximate surface area is 323 Å². The van der Waals surface area contributed by atoms with Gasteiger partial charge >= 0.3 is 6.03 Å². The average Bonchev–Trinajstić information content (AvgIpc) is 4.09. The van der Waals surface area contributed by atoms with E-state index in [2.05, 4.69) is 35.1 Å². The van der Waals surface area contributed by atoms with Crippen molar-refractivity contribution in [3.05, 3.63) is 0 Å². The second-order valence-corrected chi connectivity index (χ2v) is 21.0. The Hall–Kier alpha value is -2.70. The minimum atomic E-state index is -3.45. The van der Waals surface area contributed by atoms with E-state index in [1.165, 1.54) is 0 Å². The van der Waals surface area contributed by atoms with Crippen molar-refractivity contribution in [1.29, 1.82) is 0 Å². The van der Waals surface area contributed by atoms with Crippen molar-refractivity contribution in [3.8, 4) is 0 Å². The molecule has 0 aromatic heterocycles. The third-order valence-corrected chi connectivity index (χ3v) is 16.3. The number of amides is 5. The number of hydrogen-bond donors (Lipinski definition) is 4. The molecule has 5 saturated carbocycles. The summed E-state index contributed by atoms with van der Waals surface area (Å²) in [6.07, 6.45) is 16.8. The van der Waals surface area contributed by atoms with Gasteiger partial charge in [0.15, 0.2) is 9.84 Å². The van der Waals surface area contributed by atoms with Crippen LogP contribution < -0.4 is 21.3 Å². The number of sulfone groups is 1. The molecule has 1 unspecified atom stereocenters. The highest BCUT2D eigenvalue weighted by atomic mass is 32.2. The SMILES string of the molecule is CC(C)[C@@H]1C[C@@H](C(=O)NC(CC2CC2)C(=O)C(=O)NC2CC2)N(C(=O)[C@@H](NC(=O)NC2(CS(=O)(=O)C3CCCCC3)CCCCC2)C2(C)CCCCC2)C1. The molecule has 0 radical (unpaired) electrons. The molecule has 54 heavy (non-hydrogen) atoms. The average molecular weight is 774 g/mol.